The lowest BCUT2D eigenvalue weighted by molar-refractivity contribution is -0.120. The van der Waals surface area contributed by atoms with Gasteiger partial charge in [0.2, 0.25) is 0 Å². The number of fused-ring (bicyclic) bond motifs is 1. The molecule has 3 rings (SSSR count). The van der Waals surface area contributed by atoms with Gasteiger partial charge in [-0.25, -0.2) is 4.79 Å². The van der Waals surface area contributed by atoms with E-state index in [1.807, 2.05) is 6.92 Å². The highest BCUT2D eigenvalue weighted by atomic mass is 16.5. The van der Waals surface area contributed by atoms with Gasteiger partial charge in [-0.05, 0) is 18.2 Å². The standard InChI is InChI=1S/C15H16O6/c1-15(6-19-7-15)8-20-12-10-5-9(18-2)3-4-11(10)21-13(12)14(16)17/h3-5H,6-8H2,1-2H3,(H,16,17). The molecule has 1 aliphatic heterocycles. The molecule has 0 amide bonds. The highest BCUT2D eigenvalue weighted by Gasteiger charge is 2.35. The molecule has 1 saturated heterocycles. The van der Waals surface area contributed by atoms with Crippen molar-refractivity contribution in [1.29, 1.82) is 0 Å². The van der Waals surface area contributed by atoms with Gasteiger partial charge in [-0.2, -0.15) is 0 Å². The fourth-order valence-electron chi connectivity index (χ4n) is 2.25. The van der Waals surface area contributed by atoms with Crippen molar-refractivity contribution in [2.75, 3.05) is 26.9 Å². The third-order valence-electron chi connectivity index (χ3n) is 3.51. The van der Waals surface area contributed by atoms with Crippen LogP contribution in [0.3, 0.4) is 0 Å². The fourth-order valence-corrected chi connectivity index (χ4v) is 2.25. The van der Waals surface area contributed by atoms with Gasteiger partial charge in [-0.1, -0.05) is 6.92 Å². The van der Waals surface area contributed by atoms with Crippen LogP contribution in [0.5, 0.6) is 11.5 Å². The molecular formula is C15H16O6. The van der Waals surface area contributed by atoms with Crippen LogP contribution in [-0.4, -0.2) is 38.0 Å². The summed E-state index contributed by atoms with van der Waals surface area (Å²) in [5.74, 6) is -0.495. The van der Waals surface area contributed by atoms with Crippen molar-refractivity contribution in [3.8, 4) is 11.5 Å². The van der Waals surface area contributed by atoms with E-state index < -0.39 is 5.97 Å². The summed E-state index contributed by atoms with van der Waals surface area (Å²) in [5, 5.41) is 9.86. The Bertz CT molecular complexity index is 683. The minimum absolute atomic E-state index is 0.0851. The van der Waals surface area contributed by atoms with Gasteiger partial charge in [0, 0.05) is 5.41 Å². The molecule has 2 heterocycles. The first-order chi connectivity index (χ1) is 10.0. The predicted molar refractivity (Wildman–Crippen MR) is 74.1 cm³/mol. The lowest BCUT2D eigenvalue weighted by atomic mass is 9.90. The molecule has 2 aromatic rings. The Hall–Kier alpha value is -2.21. The minimum Gasteiger partial charge on any atom is -0.497 e. The number of carboxylic acid groups (broad SMARTS) is 1. The Balaban J connectivity index is 1.99. The molecule has 1 fully saturated rings. The number of rotatable bonds is 5. The van der Waals surface area contributed by atoms with Crippen LogP contribution >= 0.6 is 0 Å². The topological polar surface area (TPSA) is 78.1 Å². The molecule has 6 nitrogen and oxygen atoms in total. The zero-order valence-electron chi connectivity index (χ0n) is 11.8. The monoisotopic (exact) mass is 292 g/mol. The molecule has 1 aromatic heterocycles. The normalized spacial score (nSPS) is 16.5. The second-order valence-corrected chi connectivity index (χ2v) is 5.52. The molecule has 0 atom stereocenters. The Morgan fingerprint density at radius 3 is 2.76 bits per heavy atom. The van der Waals surface area contributed by atoms with E-state index in [0.29, 0.717) is 36.5 Å². The Labute approximate surface area is 121 Å². The van der Waals surface area contributed by atoms with E-state index in [4.69, 9.17) is 18.6 Å². The van der Waals surface area contributed by atoms with Crippen molar-refractivity contribution in [1.82, 2.24) is 0 Å². The largest absolute Gasteiger partial charge is 0.497 e. The SMILES string of the molecule is COc1ccc2oc(C(=O)O)c(OCC3(C)COC3)c2c1. The van der Waals surface area contributed by atoms with Crippen LogP contribution < -0.4 is 9.47 Å². The van der Waals surface area contributed by atoms with Gasteiger partial charge < -0.3 is 23.7 Å². The minimum atomic E-state index is -1.16. The van der Waals surface area contributed by atoms with Crippen LogP contribution in [0.4, 0.5) is 0 Å². The summed E-state index contributed by atoms with van der Waals surface area (Å²) in [5.41, 5.74) is 0.372. The molecule has 112 valence electrons. The molecule has 0 bridgehead atoms. The molecule has 0 aliphatic carbocycles. The summed E-state index contributed by atoms with van der Waals surface area (Å²) < 4.78 is 21.4. The zero-order valence-corrected chi connectivity index (χ0v) is 11.8. The van der Waals surface area contributed by atoms with Crippen molar-refractivity contribution >= 4 is 16.9 Å². The van der Waals surface area contributed by atoms with Crippen molar-refractivity contribution in [2.24, 2.45) is 5.41 Å². The van der Waals surface area contributed by atoms with Gasteiger partial charge in [-0.3, -0.25) is 0 Å². The molecule has 1 aliphatic rings. The van der Waals surface area contributed by atoms with Crippen LogP contribution in [-0.2, 0) is 4.74 Å². The van der Waals surface area contributed by atoms with E-state index in [1.54, 1.807) is 25.3 Å². The second-order valence-electron chi connectivity index (χ2n) is 5.52. The fraction of sp³-hybridized carbons (Fsp3) is 0.400. The van der Waals surface area contributed by atoms with Crippen LogP contribution in [0, 0.1) is 5.41 Å². The van der Waals surface area contributed by atoms with Gasteiger partial charge in [-0.15, -0.1) is 0 Å². The predicted octanol–water partition coefficient (Wildman–Crippen LogP) is 2.55. The molecule has 6 heteroatoms. The van der Waals surface area contributed by atoms with E-state index in [9.17, 15) is 9.90 Å². The maximum absolute atomic E-state index is 11.3. The van der Waals surface area contributed by atoms with Crippen LogP contribution in [0.1, 0.15) is 17.5 Å². The lowest BCUT2D eigenvalue weighted by Crippen LogP contribution is -2.44. The van der Waals surface area contributed by atoms with Crippen LogP contribution in [0.25, 0.3) is 11.0 Å². The van der Waals surface area contributed by atoms with Gasteiger partial charge in [0.15, 0.2) is 5.75 Å². The Kier molecular flexibility index (Phi) is 3.25. The first-order valence-electron chi connectivity index (χ1n) is 6.57. The molecule has 0 unspecified atom stereocenters. The van der Waals surface area contributed by atoms with E-state index in [0.717, 1.165) is 0 Å². The number of ether oxygens (including phenoxy) is 3. The summed E-state index contributed by atoms with van der Waals surface area (Å²) in [6.07, 6.45) is 0. The highest BCUT2D eigenvalue weighted by Crippen LogP contribution is 2.37. The van der Waals surface area contributed by atoms with E-state index in [1.165, 1.54) is 0 Å². The summed E-state index contributed by atoms with van der Waals surface area (Å²) in [4.78, 5) is 11.3. The smallest absolute Gasteiger partial charge is 0.375 e. The number of furan rings is 1. The first kappa shape index (κ1) is 13.8. The van der Waals surface area contributed by atoms with Gasteiger partial charge in [0.25, 0.3) is 5.76 Å². The van der Waals surface area contributed by atoms with E-state index in [-0.39, 0.29) is 16.9 Å². The molecule has 0 spiro atoms. The zero-order chi connectivity index (χ0) is 15.0. The highest BCUT2D eigenvalue weighted by molar-refractivity contribution is 5.98. The average molecular weight is 292 g/mol. The number of carboxylic acids is 1. The lowest BCUT2D eigenvalue weighted by Gasteiger charge is -2.37. The van der Waals surface area contributed by atoms with Crippen molar-refractivity contribution < 1.29 is 28.5 Å². The van der Waals surface area contributed by atoms with Crippen molar-refractivity contribution in [2.45, 2.75) is 6.92 Å². The van der Waals surface area contributed by atoms with Crippen LogP contribution in [0.2, 0.25) is 0 Å². The summed E-state index contributed by atoms with van der Waals surface area (Å²) in [6, 6.07) is 5.09. The number of hydrogen-bond donors (Lipinski definition) is 1. The molecule has 1 N–H and O–H groups in total. The van der Waals surface area contributed by atoms with Crippen molar-refractivity contribution in [3.63, 3.8) is 0 Å². The maximum atomic E-state index is 11.3. The quantitative estimate of drug-likeness (QED) is 0.912. The molecule has 1 aromatic carbocycles. The average Bonchev–Trinajstić information content (AvgIpc) is 2.81. The summed E-state index contributed by atoms with van der Waals surface area (Å²) >= 11 is 0. The van der Waals surface area contributed by atoms with Crippen molar-refractivity contribution in [3.05, 3.63) is 24.0 Å². The third kappa shape index (κ3) is 2.42. The number of hydrogen-bond acceptors (Lipinski definition) is 5. The Morgan fingerprint density at radius 1 is 1.43 bits per heavy atom. The number of benzene rings is 1. The van der Waals surface area contributed by atoms with E-state index in [2.05, 4.69) is 0 Å². The van der Waals surface area contributed by atoms with Crippen LogP contribution in [0.15, 0.2) is 22.6 Å². The third-order valence-corrected chi connectivity index (χ3v) is 3.51. The number of carbonyl (C=O) groups is 1. The number of methoxy groups -OCH3 is 1. The van der Waals surface area contributed by atoms with Gasteiger partial charge >= 0.3 is 5.97 Å². The van der Waals surface area contributed by atoms with E-state index >= 15 is 0 Å². The van der Waals surface area contributed by atoms with Gasteiger partial charge in [0.1, 0.15) is 11.3 Å². The molecule has 21 heavy (non-hydrogen) atoms. The number of aromatic carboxylic acids is 1. The summed E-state index contributed by atoms with van der Waals surface area (Å²) in [7, 11) is 1.55. The first-order valence-corrected chi connectivity index (χ1v) is 6.57. The second kappa shape index (κ2) is 4.96. The Morgan fingerprint density at radius 2 is 2.19 bits per heavy atom. The maximum Gasteiger partial charge on any atom is 0.375 e. The van der Waals surface area contributed by atoms with Gasteiger partial charge in [0.05, 0.1) is 32.3 Å². The summed E-state index contributed by atoms with van der Waals surface area (Å²) in [6.45, 7) is 3.61. The molecule has 0 radical (unpaired) electrons. The molecular weight excluding hydrogens is 276 g/mol. The molecule has 0 saturated carbocycles.